The summed E-state index contributed by atoms with van der Waals surface area (Å²) >= 11 is 0. The molecule has 0 aliphatic carbocycles. The first kappa shape index (κ1) is 12.7. The van der Waals surface area contributed by atoms with Gasteiger partial charge in [0.15, 0.2) is 5.82 Å². The average molecular weight is 250 g/mol. The number of hydrogen-bond donors (Lipinski definition) is 1. The smallest absolute Gasteiger partial charge is 0.194 e. The molecule has 0 amide bonds. The van der Waals surface area contributed by atoms with Crippen molar-refractivity contribution in [3.63, 3.8) is 0 Å². The van der Waals surface area contributed by atoms with E-state index in [9.17, 15) is 0 Å². The number of tetrazole rings is 1. The van der Waals surface area contributed by atoms with Crippen molar-refractivity contribution in [2.75, 3.05) is 20.3 Å². The minimum Gasteiger partial charge on any atom is -0.383 e. The van der Waals surface area contributed by atoms with Crippen molar-refractivity contribution < 1.29 is 4.74 Å². The highest BCUT2D eigenvalue weighted by molar-refractivity contribution is 5.10. The van der Waals surface area contributed by atoms with Crippen molar-refractivity contribution in [2.45, 2.75) is 13.1 Å². The largest absolute Gasteiger partial charge is 0.383 e. The summed E-state index contributed by atoms with van der Waals surface area (Å²) in [5.41, 5.74) is 1.23. The number of rotatable bonds is 7. The zero-order chi connectivity index (χ0) is 12.8. The molecule has 0 radical (unpaired) electrons. The third-order valence-electron chi connectivity index (χ3n) is 2.50. The van der Waals surface area contributed by atoms with Crippen LogP contribution in [0.1, 0.15) is 11.4 Å². The van der Waals surface area contributed by atoms with Crippen molar-refractivity contribution in [1.29, 1.82) is 0 Å². The van der Waals surface area contributed by atoms with Crippen LogP contribution < -0.4 is 5.32 Å². The van der Waals surface area contributed by atoms with Crippen molar-refractivity contribution in [2.24, 2.45) is 7.05 Å². The Balaban J connectivity index is 1.82. The van der Waals surface area contributed by atoms with Gasteiger partial charge in [-0.15, -0.1) is 10.2 Å². The Kier molecular flexibility index (Phi) is 4.43. The van der Waals surface area contributed by atoms with Gasteiger partial charge in [0.2, 0.25) is 0 Å². The highest BCUT2D eigenvalue weighted by Crippen LogP contribution is 2.02. The lowest BCUT2D eigenvalue weighted by atomic mass is 10.3. The molecule has 2 aromatic rings. The number of nitrogens with one attached hydrogen (secondary N) is 1. The number of ether oxygens (including phenoxy) is 1. The molecule has 18 heavy (non-hydrogen) atoms. The molecule has 0 aliphatic heterocycles. The first-order chi connectivity index (χ1) is 8.78. The minimum absolute atomic E-state index is 0.645. The fourth-order valence-electron chi connectivity index (χ4n) is 1.65. The summed E-state index contributed by atoms with van der Waals surface area (Å²) in [5.74, 6) is 0.715. The van der Waals surface area contributed by atoms with Gasteiger partial charge < -0.3 is 14.6 Å². The van der Waals surface area contributed by atoms with E-state index in [1.54, 1.807) is 14.2 Å². The number of aromatic nitrogens is 5. The summed E-state index contributed by atoms with van der Waals surface area (Å²) in [5, 5.41) is 15.2. The van der Waals surface area contributed by atoms with Gasteiger partial charge in [0.1, 0.15) is 0 Å². The summed E-state index contributed by atoms with van der Waals surface area (Å²) < 4.78 is 7.02. The Hall–Kier alpha value is -1.73. The van der Waals surface area contributed by atoms with Crippen molar-refractivity contribution in [3.05, 3.63) is 29.8 Å². The zero-order valence-corrected chi connectivity index (χ0v) is 10.7. The molecule has 0 bridgehead atoms. The van der Waals surface area contributed by atoms with Gasteiger partial charge in [0, 0.05) is 32.6 Å². The monoisotopic (exact) mass is 250 g/mol. The molecule has 98 valence electrons. The van der Waals surface area contributed by atoms with Gasteiger partial charge in [-0.05, 0) is 16.8 Å². The molecule has 0 aliphatic rings. The second-order valence-corrected chi connectivity index (χ2v) is 4.06. The standard InChI is InChI=1S/C11H18N6O/c1-16-14-11(13-15-16)9-17-5-3-10(8-17)7-12-4-6-18-2/h3,5,8,12H,4,6-7,9H2,1-2H3. The number of aryl methyl sites for hydroxylation is 1. The van der Waals surface area contributed by atoms with Crippen molar-refractivity contribution >= 4 is 0 Å². The molecular formula is C11H18N6O. The Morgan fingerprint density at radius 3 is 3.06 bits per heavy atom. The molecule has 1 N–H and O–H groups in total. The highest BCUT2D eigenvalue weighted by Gasteiger charge is 2.02. The van der Waals surface area contributed by atoms with Crippen LogP contribution >= 0.6 is 0 Å². The summed E-state index contributed by atoms with van der Waals surface area (Å²) in [7, 11) is 3.46. The average Bonchev–Trinajstić information content (AvgIpc) is 2.95. The van der Waals surface area contributed by atoms with Gasteiger partial charge in [-0.3, -0.25) is 0 Å². The SMILES string of the molecule is COCCNCc1ccn(Cc2nnn(C)n2)c1. The Bertz CT molecular complexity index is 477. The molecule has 2 aromatic heterocycles. The van der Waals surface area contributed by atoms with Crippen LogP contribution in [0, 0.1) is 0 Å². The molecule has 2 rings (SSSR count). The maximum atomic E-state index is 4.97. The van der Waals surface area contributed by atoms with E-state index in [4.69, 9.17) is 4.74 Å². The molecule has 0 unspecified atom stereocenters. The van der Waals surface area contributed by atoms with Crippen LogP contribution in [0.2, 0.25) is 0 Å². The van der Waals surface area contributed by atoms with Crippen LogP contribution in [0.15, 0.2) is 18.5 Å². The molecule has 0 atom stereocenters. The molecule has 2 heterocycles. The van der Waals surface area contributed by atoms with E-state index >= 15 is 0 Å². The number of nitrogens with zero attached hydrogens (tertiary/aromatic N) is 5. The van der Waals surface area contributed by atoms with Crippen molar-refractivity contribution in [3.8, 4) is 0 Å². The van der Waals surface area contributed by atoms with Gasteiger partial charge in [-0.1, -0.05) is 0 Å². The normalized spacial score (nSPS) is 11.0. The summed E-state index contributed by atoms with van der Waals surface area (Å²) in [4.78, 5) is 1.46. The third kappa shape index (κ3) is 3.64. The molecule has 0 saturated heterocycles. The van der Waals surface area contributed by atoms with Crippen LogP contribution in [0.5, 0.6) is 0 Å². The topological polar surface area (TPSA) is 69.8 Å². The lowest BCUT2D eigenvalue weighted by Crippen LogP contribution is -2.18. The Labute approximate surface area is 106 Å². The first-order valence-electron chi connectivity index (χ1n) is 5.85. The Morgan fingerprint density at radius 1 is 1.44 bits per heavy atom. The molecular weight excluding hydrogens is 232 g/mol. The van der Waals surface area contributed by atoms with Crippen LogP contribution in [-0.2, 0) is 24.9 Å². The molecule has 0 saturated carbocycles. The maximum Gasteiger partial charge on any atom is 0.194 e. The third-order valence-corrected chi connectivity index (χ3v) is 2.50. The van der Waals surface area contributed by atoms with Gasteiger partial charge >= 0.3 is 0 Å². The van der Waals surface area contributed by atoms with Gasteiger partial charge in [-0.25, -0.2) is 0 Å². The van der Waals surface area contributed by atoms with E-state index in [2.05, 4.69) is 33.0 Å². The highest BCUT2D eigenvalue weighted by atomic mass is 16.5. The van der Waals surface area contributed by atoms with Crippen LogP contribution in [-0.4, -0.2) is 45.0 Å². The fourth-order valence-corrected chi connectivity index (χ4v) is 1.65. The minimum atomic E-state index is 0.645. The van der Waals surface area contributed by atoms with E-state index in [1.165, 1.54) is 10.4 Å². The van der Waals surface area contributed by atoms with Gasteiger partial charge in [0.05, 0.1) is 20.2 Å². The second kappa shape index (κ2) is 6.27. The van der Waals surface area contributed by atoms with Gasteiger partial charge in [0.25, 0.3) is 0 Å². The summed E-state index contributed by atoms with van der Waals surface area (Å²) in [6, 6.07) is 2.08. The van der Waals surface area contributed by atoms with E-state index in [0.717, 1.165) is 19.7 Å². The molecule has 0 aromatic carbocycles. The first-order valence-corrected chi connectivity index (χ1v) is 5.85. The lowest BCUT2D eigenvalue weighted by Gasteiger charge is -2.01. The number of methoxy groups -OCH3 is 1. The fraction of sp³-hybridized carbons (Fsp3) is 0.545. The molecule has 0 fully saturated rings. The Morgan fingerprint density at radius 2 is 2.33 bits per heavy atom. The predicted octanol–water partition coefficient (Wildman–Crippen LogP) is -0.204. The number of hydrogen-bond acceptors (Lipinski definition) is 5. The van der Waals surface area contributed by atoms with E-state index in [1.807, 2.05) is 10.8 Å². The molecule has 0 spiro atoms. The molecule has 7 heteroatoms. The van der Waals surface area contributed by atoms with E-state index in [-0.39, 0.29) is 0 Å². The van der Waals surface area contributed by atoms with Crippen molar-refractivity contribution in [1.82, 2.24) is 30.1 Å². The second-order valence-electron chi connectivity index (χ2n) is 4.06. The predicted molar refractivity (Wildman–Crippen MR) is 65.9 cm³/mol. The summed E-state index contributed by atoms with van der Waals surface area (Å²) in [6.07, 6.45) is 4.10. The summed E-state index contributed by atoms with van der Waals surface area (Å²) in [6.45, 7) is 3.06. The lowest BCUT2D eigenvalue weighted by molar-refractivity contribution is 0.199. The quantitative estimate of drug-likeness (QED) is 0.689. The maximum absolute atomic E-state index is 4.97. The van der Waals surface area contributed by atoms with E-state index < -0.39 is 0 Å². The van der Waals surface area contributed by atoms with Gasteiger partial charge in [-0.2, -0.15) is 4.80 Å². The zero-order valence-electron chi connectivity index (χ0n) is 10.7. The van der Waals surface area contributed by atoms with Crippen LogP contribution in [0.3, 0.4) is 0 Å². The van der Waals surface area contributed by atoms with E-state index in [0.29, 0.717) is 12.4 Å². The van der Waals surface area contributed by atoms with Crippen LogP contribution in [0.25, 0.3) is 0 Å². The molecule has 7 nitrogen and oxygen atoms in total. The van der Waals surface area contributed by atoms with Crippen LogP contribution in [0.4, 0.5) is 0 Å².